The van der Waals surface area contributed by atoms with Gasteiger partial charge >= 0.3 is 0 Å². The van der Waals surface area contributed by atoms with E-state index in [-0.39, 0.29) is 11.3 Å². The molecule has 0 aliphatic heterocycles. The summed E-state index contributed by atoms with van der Waals surface area (Å²) in [6, 6.07) is 2.86. The van der Waals surface area contributed by atoms with E-state index in [9.17, 15) is 9.59 Å². The van der Waals surface area contributed by atoms with Crippen LogP contribution in [0.2, 0.25) is 0 Å². The summed E-state index contributed by atoms with van der Waals surface area (Å²) < 4.78 is 4.46. The van der Waals surface area contributed by atoms with Crippen molar-refractivity contribution in [3.63, 3.8) is 0 Å². The summed E-state index contributed by atoms with van der Waals surface area (Å²) in [5.41, 5.74) is 6.40. The van der Waals surface area contributed by atoms with Crippen LogP contribution in [0.3, 0.4) is 0 Å². The van der Waals surface area contributed by atoms with Crippen molar-refractivity contribution in [2.24, 2.45) is 5.73 Å². The molecular weight excluding hydrogens is 200 g/mol. The molecule has 2 amide bonds. The van der Waals surface area contributed by atoms with Gasteiger partial charge in [-0.3, -0.25) is 9.59 Å². The van der Waals surface area contributed by atoms with Crippen molar-refractivity contribution in [3.05, 3.63) is 17.7 Å². The van der Waals surface area contributed by atoms with Crippen LogP contribution >= 0.6 is 0 Å². The fraction of sp³-hybridized carbons (Fsp3) is 0. The van der Waals surface area contributed by atoms with E-state index >= 15 is 0 Å². The zero-order chi connectivity index (χ0) is 10.8. The average molecular weight is 206 g/mol. The van der Waals surface area contributed by atoms with Crippen molar-refractivity contribution in [1.82, 2.24) is 10.3 Å². The summed E-state index contributed by atoms with van der Waals surface area (Å²) in [4.78, 5) is 21.4. The van der Waals surface area contributed by atoms with Crippen LogP contribution in [0.4, 0.5) is 5.69 Å². The largest absolute Gasteiger partial charge is 0.366 e. The van der Waals surface area contributed by atoms with Crippen molar-refractivity contribution in [3.8, 4) is 0 Å². The van der Waals surface area contributed by atoms with Gasteiger partial charge in [0.25, 0.3) is 5.91 Å². The fourth-order valence-electron chi connectivity index (χ4n) is 1.22. The number of nitrogens with two attached hydrogens (primary N) is 1. The standard InChI is InChI=1S/C8H6N4O3/c9-8(14)4-1-6-7(12-15-11-6)2-5(4)10-3-13/h1-3H,(H2,9,14)(H,10,13). The molecule has 7 nitrogen and oxygen atoms in total. The third-order valence-corrected chi connectivity index (χ3v) is 1.87. The topological polar surface area (TPSA) is 111 Å². The number of benzene rings is 1. The molecule has 1 heterocycles. The van der Waals surface area contributed by atoms with Gasteiger partial charge in [-0.25, -0.2) is 4.63 Å². The summed E-state index contributed by atoms with van der Waals surface area (Å²) in [6.45, 7) is 0. The van der Waals surface area contributed by atoms with E-state index in [0.29, 0.717) is 17.4 Å². The minimum absolute atomic E-state index is 0.158. The molecule has 0 saturated heterocycles. The highest BCUT2D eigenvalue weighted by Crippen LogP contribution is 2.20. The lowest BCUT2D eigenvalue weighted by atomic mass is 10.1. The Bertz CT molecular complexity index is 534. The number of carbonyl (C=O) groups is 2. The summed E-state index contributed by atoms with van der Waals surface area (Å²) in [6.07, 6.45) is 0.446. The number of nitrogens with one attached hydrogen (secondary N) is 1. The first kappa shape index (κ1) is 9.13. The highest BCUT2D eigenvalue weighted by atomic mass is 16.6. The van der Waals surface area contributed by atoms with E-state index < -0.39 is 5.91 Å². The van der Waals surface area contributed by atoms with E-state index in [4.69, 9.17) is 5.73 Å². The number of primary amides is 1. The number of fused-ring (bicyclic) bond motifs is 1. The SMILES string of the molecule is NC(=O)c1cc2nonc2cc1NC=O. The Kier molecular flexibility index (Phi) is 2.05. The molecule has 3 N–H and O–H groups in total. The second kappa shape index (κ2) is 3.37. The number of amides is 2. The molecule has 0 atom stereocenters. The van der Waals surface area contributed by atoms with Gasteiger partial charge < -0.3 is 11.1 Å². The third kappa shape index (κ3) is 1.50. The van der Waals surface area contributed by atoms with E-state index in [0.717, 1.165) is 0 Å². The molecular formula is C8H6N4O3. The van der Waals surface area contributed by atoms with E-state index in [1.807, 2.05) is 0 Å². The Morgan fingerprint density at radius 2 is 2.07 bits per heavy atom. The highest BCUT2D eigenvalue weighted by molar-refractivity contribution is 6.03. The lowest BCUT2D eigenvalue weighted by Crippen LogP contribution is -2.14. The number of anilines is 1. The summed E-state index contributed by atoms with van der Waals surface area (Å²) in [5.74, 6) is -0.663. The van der Waals surface area contributed by atoms with Crippen molar-refractivity contribution in [2.75, 3.05) is 5.32 Å². The molecule has 0 fully saturated rings. The van der Waals surface area contributed by atoms with Crippen LogP contribution in [0.15, 0.2) is 16.8 Å². The molecule has 0 spiro atoms. The number of carbonyl (C=O) groups excluding carboxylic acids is 2. The number of aromatic nitrogens is 2. The molecule has 0 saturated carbocycles. The Hall–Kier alpha value is -2.44. The lowest BCUT2D eigenvalue weighted by molar-refractivity contribution is -0.105. The normalized spacial score (nSPS) is 10.1. The summed E-state index contributed by atoms with van der Waals surface area (Å²) >= 11 is 0. The van der Waals surface area contributed by atoms with Gasteiger partial charge in [-0.2, -0.15) is 0 Å². The summed E-state index contributed by atoms with van der Waals surface area (Å²) in [5, 5.41) is 9.47. The van der Waals surface area contributed by atoms with Gasteiger partial charge in [-0.05, 0) is 22.4 Å². The van der Waals surface area contributed by atoms with E-state index in [2.05, 4.69) is 20.3 Å². The maximum absolute atomic E-state index is 11.0. The first-order chi connectivity index (χ1) is 7.22. The zero-order valence-electron chi connectivity index (χ0n) is 7.43. The molecule has 76 valence electrons. The molecule has 0 aliphatic carbocycles. The van der Waals surface area contributed by atoms with Gasteiger partial charge in [0.05, 0.1) is 11.3 Å². The maximum atomic E-state index is 11.0. The van der Waals surface area contributed by atoms with Crippen molar-refractivity contribution >= 4 is 29.0 Å². The summed E-state index contributed by atoms with van der Waals surface area (Å²) in [7, 11) is 0. The predicted octanol–water partition coefficient (Wildman–Crippen LogP) is -0.110. The minimum Gasteiger partial charge on any atom is -0.366 e. The molecule has 0 radical (unpaired) electrons. The molecule has 1 aromatic heterocycles. The van der Waals surface area contributed by atoms with Crippen LogP contribution in [0.5, 0.6) is 0 Å². The Morgan fingerprint density at radius 1 is 1.40 bits per heavy atom. The van der Waals surface area contributed by atoms with Gasteiger partial charge in [0.2, 0.25) is 6.41 Å². The minimum atomic E-state index is -0.663. The van der Waals surface area contributed by atoms with Crippen LogP contribution in [0.1, 0.15) is 10.4 Å². The van der Waals surface area contributed by atoms with Gasteiger partial charge in [0.15, 0.2) is 0 Å². The Balaban J connectivity index is 2.67. The molecule has 2 rings (SSSR count). The molecule has 7 heteroatoms. The molecule has 0 bridgehead atoms. The second-order valence-electron chi connectivity index (χ2n) is 2.78. The third-order valence-electron chi connectivity index (χ3n) is 1.87. The molecule has 0 aliphatic rings. The predicted molar refractivity (Wildman–Crippen MR) is 50.0 cm³/mol. The van der Waals surface area contributed by atoms with Gasteiger partial charge in [-0.1, -0.05) is 0 Å². The van der Waals surface area contributed by atoms with Crippen LogP contribution in [0, 0.1) is 0 Å². The second-order valence-corrected chi connectivity index (χ2v) is 2.78. The molecule has 0 unspecified atom stereocenters. The number of nitrogens with zero attached hydrogens (tertiary/aromatic N) is 2. The maximum Gasteiger partial charge on any atom is 0.250 e. The van der Waals surface area contributed by atoms with Crippen LogP contribution in [-0.4, -0.2) is 22.6 Å². The van der Waals surface area contributed by atoms with Crippen molar-refractivity contribution in [1.29, 1.82) is 0 Å². The first-order valence-corrected chi connectivity index (χ1v) is 3.98. The van der Waals surface area contributed by atoms with E-state index in [1.165, 1.54) is 12.1 Å². The van der Waals surface area contributed by atoms with Crippen LogP contribution < -0.4 is 11.1 Å². The van der Waals surface area contributed by atoms with Crippen molar-refractivity contribution in [2.45, 2.75) is 0 Å². The van der Waals surface area contributed by atoms with Crippen LogP contribution in [-0.2, 0) is 4.79 Å². The number of hydrogen-bond donors (Lipinski definition) is 2. The monoisotopic (exact) mass is 206 g/mol. The van der Waals surface area contributed by atoms with Gasteiger partial charge in [0.1, 0.15) is 11.0 Å². The highest BCUT2D eigenvalue weighted by Gasteiger charge is 2.12. The smallest absolute Gasteiger partial charge is 0.250 e. The van der Waals surface area contributed by atoms with Gasteiger partial charge in [-0.15, -0.1) is 0 Å². The number of hydrogen-bond acceptors (Lipinski definition) is 5. The zero-order valence-corrected chi connectivity index (χ0v) is 7.43. The quantitative estimate of drug-likeness (QED) is 0.680. The van der Waals surface area contributed by atoms with Crippen molar-refractivity contribution < 1.29 is 14.2 Å². The Labute approximate surface area is 83.2 Å². The first-order valence-electron chi connectivity index (χ1n) is 3.98. The molecule has 15 heavy (non-hydrogen) atoms. The fourth-order valence-corrected chi connectivity index (χ4v) is 1.22. The molecule has 1 aromatic carbocycles. The Morgan fingerprint density at radius 3 is 2.67 bits per heavy atom. The van der Waals surface area contributed by atoms with Gasteiger partial charge in [0, 0.05) is 0 Å². The number of rotatable bonds is 3. The van der Waals surface area contributed by atoms with E-state index in [1.54, 1.807) is 0 Å². The average Bonchev–Trinajstić information content (AvgIpc) is 2.63. The molecule has 2 aromatic rings. The van der Waals surface area contributed by atoms with Crippen LogP contribution in [0.25, 0.3) is 11.0 Å². The lowest BCUT2D eigenvalue weighted by Gasteiger charge is -2.03.